The van der Waals surface area contributed by atoms with Gasteiger partial charge in [-0.3, -0.25) is 0 Å². The van der Waals surface area contributed by atoms with E-state index in [1.807, 2.05) is 23.1 Å². The van der Waals surface area contributed by atoms with Crippen molar-refractivity contribution in [1.29, 1.82) is 0 Å². The minimum absolute atomic E-state index is 0.736. The van der Waals surface area contributed by atoms with Crippen LogP contribution in [0.4, 0.5) is 0 Å². The van der Waals surface area contributed by atoms with Crippen LogP contribution >= 0.6 is 39.0 Å². The predicted octanol–water partition coefficient (Wildman–Crippen LogP) is 4.58. The van der Waals surface area contributed by atoms with E-state index in [-0.39, 0.29) is 0 Å². The smallest absolute Gasteiger partial charge is 0.0314 e. The second-order valence-corrected chi connectivity index (χ2v) is 8.04. The Bertz CT molecular complexity index is 337. The molecule has 96 valence electrons. The highest BCUT2D eigenvalue weighted by Gasteiger charge is 2.19. The van der Waals surface area contributed by atoms with Crippen LogP contribution in [0.25, 0.3) is 0 Å². The van der Waals surface area contributed by atoms with E-state index < -0.39 is 0 Å². The van der Waals surface area contributed by atoms with E-state index in [0.29, 0.717) is 0 Å². The third kappa shape index (κ3) is 3.98. The largest absolute Gasteiger partial charge is 0.309 e. The fourth-order valence-electron chi connectivity index (χ4n) is 2.35. The van der Waals surface area contributed by atoms with Crippen molar-refractivity contribution in [2.75, 3.05) is 6.26 Å². The van der Waals surface area contributed by atoms with Crippen LogP contribution < -0.4 is 5.32 Å². The Morgan fingerprint density at radius 3 is 2.65 bits per heavy atom. The molecule has 1 N–H and O–H groups in total. The lowest BCUT2D eigenvalue weighted by Crippen LogP contribution is -2.33. The van der Waals surface area contributed by atoms with E-state index in [4.69, 9.17) is 0 Å². The van der Waals surface area contributed by atoms with Crippen molar-refractivity contribution in [3.05, 3.63) is 20.3 Å². The lowest BCUT2D eigenvalue weighted by atomic mass is 9.95. The summed E-state index contributed by atoms with van der Waals surface area (Å²) in [5, 5.41) is 4.61. The maximum absolute atomic E-state index is 3.70. The molecule has 1 saturated carbocycles. The normalized spacial score (nSPS) is 25.1. The van der Waals surface area contributed by atoms with Crippen molar-refractivity contribution in [3.8, 4) is 0 Å². The standard InChI is InChI=1S/C13H20BrNS2/c1-9-13(14)7-12(17-9)8-15-10-3-5-11(16-2)6-4-10/h7,10-11,15H,3-6,8H2,1-2H3. The molecule has 0 aliphatic heterocycles. The van der Waals surface area contributed by atoms with E-state index in [0.717, 1.165) is 17.8 Å². The van der Waals surface area contributed by atoms with Crippen molar-refractivity contribution in [1.82, 2.24) is 5.32 Å². The Kier molecular flexibility index (Phi) is 5.40. The van der Waals surface area contributed by atoms with E-state index in [1.54, 1.807) is 0 Å². The molecule has 0 spiro atoms. The van der Waals surface area contributed by atoms with Gasteiger partial charge in [-0.2, -0.15) is 11.8 Å². The molecule has 1 nitrogen and oxygen atoms in total. The van der Waals surface area contributed by atoms with Crippen LogP contribution in [0, 0.1) is 6.92 Å². The Morgan fingerprint density at radius 2 is 2.12 bits per heavy atom. The lowest BCUT2D eigenvalue weighted by Gasteiger charge is -2.28. The van der Waals surface area contributed by atoms with E-state index >= 15 is 0 Å². The number of hydrogen-bond acceptors (Lipinski definition) is 3. The van der Waals surface area contributed by atoms with Crippen LogP contribution in [0.5, 0.6) is 0 Å². The SMILES string of the molecule is CSC1CCC(NCc2cc(Br)c(C)s2)CC1. The zero-order valence-corrected chi connectivity index (χ0v) is 13.7. The molecule has 0 amide bonds. The van der Waals surface area contributed by atoms with E-state index in [9.17, 15) is 0 Å². The summed E-state index contributed by atoms with van der Waals surface area (Å²) in [6, 6.07) is 2.99. The maximum Gasteiger partial charge on any atom is 0.0314 e. The zero-order valence-electron chi connectivity index (χ0n) is 10.5. The third-order valence-corrected chi connectivity index (χ3v) is 6.76. The number of nitrogens with one attached hydrogen (secondary N) is 1. The highest BCUT2D eigenvalue weighted by Crippen LogP contribution is 2.28. The monoisotopic (exact) mass is 333 g/mol. The molecule has 1 aliphatic carbocycles. The lowest BCUT2D eigenvalue weighted by molar-refractivity contribution is 0.380. The summed E-state index contributed by atoms with van der Waals surface area (Å²) in [7, 11) is 0. The average molecular weight is 334 g/mol. The number of thioether (sulfide) groups is 1. The van der Waals surface area contributed by atoms with Gasteiger partial charge >= 0.3 is 0 Å². The molecule has 0 bridgehead atoms. The van der Waals surface area contributed by atoms with Gasteiger partial charge in [-0.05, 0) is 60.9 Å². The van der Waals surface area contributed by atoms with E-state index in [2.05, 4.69) is 40.5 Å². The van der Waals surface area contributed by atoms with Gasteiger partial charge in [0, 0.05) is 32.1 Å². The van der Waals surface area contributed by atoms with Crippen LogP contribution in [-0.2, 0) is 6.54 Å². The highest BCUT2D eigenvalue weighted by molar-refractivity contribution is 9.10. The van der Waals surface area contributed by atoms with Crippen molar-refractivity contribution >= 4 is 39.0 Å². The molecule has 1 aromatic rings. The molecule has 0 unspecified atom stereocenters. The summed E-state index contributed by atoms with van der Waals surface area (Å²) in [5.41, 5.74) is 0. The fourth-order valence-corrected chi connectivity index (χ4v) is 4.65. The van der Waals surface area contributed by atoms with Gasteiger partial charge in [0.2, 0.25) is 0 Å². The summed E-state index contributed by atoms with van der Waals surface area (Å²) in [6.45, 7) is 3.20. The van der Waals surface area contributed by atoms with Crippen molar-refractivity contribution in [2.24, 2.45) is 0 Å². The first-order valence-electron chi connectivity index (χ1n) is 6.20. The summed E-state index contributed by atoms with van der Waals surface area (Å²) in [4.78, 5) is 2.83. The van der Waals surface area contributed by atoms with Gasteiger partial charge in [0.1, 0.15) is 0 Å². The number of thiophene rings is 1. The van der Waals surface area contributed by atoms with Crippen LogP contribution in [0.15, 0.2) is 10.5 Å². The number of hydrogen-bond donors (Lipinski definition) is 1. The molecule has 4 heteroatoms. The second kappa shape index (κ2) is 6.60. The summed E-state index contributed by atoms with van der Waals surface area (Å²) in [6.07, 6.45) is 7.69. The molecule has 1 aliphatic rings. The molecule has 0 aromatic carbocycles. The molecular weight excluding hydrogens is 314 g/mol. The van der Waals surface area contributed by atoms with Crippen LogP contribution in [0.3, 0.4) is 0 Å². The Hall–Kier alpha value is 0.490. The maximum atomic E-state index is 3.70. The second-order valence-electron chi connectivity index (χ2n) is 4.71. The summed E-state index contributed by atoms with van der Waals surface area (Å²) in [5.74, 6) is 0. The van der Waals surface area contributed by atoms with Gasteiger partial charge in [-0.1, -0.05) is 0 Å². The van der Waals surface area contributed by atoms with E-state index in [1.165, 1.54) is 39.9 Å². The quantitative estimate of drug-likeness (QED) is 0.865. The van der Waals surface area contributed by atoms with Crippen LogP contribution in [0.1, 0.15) is 35.4 Å². The first-order valence-corrected chi connectivity index (χ1v) is 9.09. The zero-order chi connectivity index (χ0) is 12.3. The molecule has 1 fully saturated rings. The molecular formula is C13H20BrNS2. The van der Waals surface area contributed by atoms with Crippen molar-refractivity contribution in [2.45, 2.75) is 50.4 Å². The molecule has 0 atom stereocenters. The summed E-state index contributed by atoms with van der Waals surface area (Å²) < 4.78 is 1.25. The van der Waals surface area contributed by atoms with Crippen molar-refractivity contribution in [3.63, 3.8) is 0 Å². The first-order chi connectivity index (χ1) is 8.19. The fraction of sp³-hybridized carbons (Fsp3) is 0.692. The minimum atomic E-state index is 0.736. The molecule has 0 radical (unpaired) electrons. The predicted molar refractivity (Wildman–Crippen MR) is 83.2 cm³/mol. The van der Waals surface area contributed by atoms with Crippen LogP contribution in [-0.4, -0.2) is 17.5 Å². The van der Waals surface area contributed by atoms with Gasteiger partial charge in [0.25, 0.3) is 0 Å². The Balaban J connectivity index is 1.75. The minimum Gasteiger partial charge on any atom is -0.309 e. The van der Waals surface area contributed by atoms with Gasteiger partial charge in [0.15, 0.2) is 0 Å². The van der Waals surface area contributed by atoms with Gasteiger partial charge in [0.05, 0.1) is 0 Å². The van der Waals surface area contributed by atoms with Gasteiger partial charge in [-0.15, -0.1) is 11.3 Å². The Morgan fingerprint density at radius 1 is 1.41 bits per heavy atom. The summed E-state index contributed by atoms with van der Waals surface area (Å²) >= 11 is 7.51. The number of rotatable bonds is 4. The molecule has 1 aromatic heterocycles. The molecule has 17 heavy (non-hydrogen) atoms. The van der Waals surface area contributed by atoms with Crippen molar-refractivity contribution < 1.29 is 0 Å². The van der Waals surface area contributed by atoms with Crippen LogP contribution in [0.2, 0.25) is 0 Å². The number of aryl methyl sites for hydroxylation is 1. The van der Waals surface area contributed by atoms with Gasteiger partial charge in [-0.25, -0.2) is 0 Å². The average Bonchev–Trinajstić information content (AvgIpc) is 2.67. The molecule has 1 heterocycles. The topological polar surface area (TPSA) is 12.0 Å². The van der Waals surface area contributed by atoms with Gasteiger partial charge < -0.3 is 5.32 Å². The molecule has 2 rings (SSSR count). The molecule has 0 saturated heterocycles. The first kappa shape index (κ1) is 13.9. The Labute approximate surface area is 121 Å². The third-order valence-electron chi connectivity index (χ3n) is 3.48. The number of halogens is 1. The highest BCUT2D eigenvalue weighted by atomic mass is 79.9.